The molecule has 2 aromatic heterocycles. The fourth-order valence-corrected chi connectivity index (χ4v) is 4.61. The molecule has 4 aromatic rings. The Morgan fingerprint density at radius 3 is 2.55 bits per heavy atom. The van der Waals surface area contributed by atoms with Crippen LogP contribution in [0.4, 0.5) is 8.78 Å². The summed E-state index contributed by atoms with van der Waals surface area (Å²) < 4.78 is 37.7. The summed E-state index contributed by atoms with van der Waals surface area (Å²) in [4.78, 5) is 10.5. The number of alkyl halides is 2. The van der Waals surface area contributed by atoms with Crippen molar-refractivity contribution in [2.24, 2.45) is 0 Å². The molecule has 1 aliphatic rings. The van der Waals surface area contributed by atoms with Crippen LogP contribution in [0.25, 0.3) is 33.1 Å². The molecule has 0 spiro atoms. The predicted octanol–water partition coefficient (Wildman–Crippen LogP) is 6.19. The molecule has 1 saturated heterocycles. The Morgan fingerprint density at radius 1 is 1.03 bits per heavy atom. The number of ether oxygens (including phenoxy) is 2. The number of nitrogens with one attached hydrogen (secondary N) is 1. The van der Waals surface area contributed by atoms with Crippen LogP contribution in [0.1, 0.15) is 31.3 Å². The summed E-state index contributed by atoms with van der Waals surface area (Å²) in [7, 11) is 1.63. The van der Waals surface area contributed by atoms with Gasteiger partial charge in [0.25, 0.3) is 6.43 Å². The Kier molecular flexibility index (Phi) is 6.13. The molecule has 5 rings (SSSR count). The van der Waals surface area contributed by atoms with Crippen molar-refractivity contribution in [3.8, 4) is 22.8 Å². The summed E-state index contributed by atoms with van der Waals surface area (Å²) >= 11 is 0. The quantitative estimate of drug-likeness (QED) is 0.324. The number of rotatable bonds is 8. The van der Waals surface area contributed by atoms with Gasteiger partial charge in [0, 0.05) is 40.7 Å². The number of H-pyrrole nitrogens is 1. The van der Waals surface area contributed by atoms with Gasteiger partial charge in [-0.3, -0.25) is 4.98 Å². The topological polar surface area (TPSA) is 50.4 Å². The smallest absolute Gasteiger partial charge is 0.263 e. The van der Waals surface area contributed by atoms with Crippen molar-refractivity contribution in [1.82, 2.24) is 14.9 Å². The number of aromatic nitrogens is 2. The van der Waals surface area contributed by atoms with Crippen LogP contribution in [0.2, 0.25) is 0 Å². The van der Waals surface area contributed by atoms with Crippen molar-refractivity contribution in [1.29, 1.82) is 0 Å². The summed E-state index contributed by atoms with van der Waals surface area (Å²) in [5.74, 6) is 1.36. The zero-order valence-corrected chi connectivity index (χ0v) is 18.6. The van der Waals surface area contributed by atoms with Gasteiger partial charge in [-0.15, -0.1) is 0 Å². The highest BCUT2D eigenvalue weighted by atomic mass is 19.3. The predicted molar refractivity (Wildman–Crippen MR) is 126 cm³/mol. The van der Waals surface area contributed by atoms with Gasteiger partial charge in [0.2, 0.25) is 0 Å². The minimum Gasteiger partial charge on any atom is -0.493 e. The maximum Gasteiger partial charge on any atom is 0.263 e. The molecule has 1 fully saturated rings. The lowest BCUT2D eigenvalue weighted by Crippen LogP contribution is -2.21. The van der Waals surface area contributed by atoms with Crippen LogP contribution >= 0.6 is 0 Å². The number of aromatic amines is 1. The van der Waals surface area contributed by atoms with E-state index in [9.17, 15) is 8.78 Å². The molecule has 0 atom stereocenters. The van der Waals surface area contributed by atoms with Crippen LogP contribution < -0.4 is 9.47 Å². The highest BCUT2D eigenvalue weighted by Crippen LogP contribution is 2.39. The van der Waals surface area contributed by atoms with Crippen molar-refractivity contribution in [2.45, 2.75) is 25.7 Å². The van der Waals surface area contributed by atoms with Crippen LogP contribution in [-0.2, 0) is 0 Å². The molecular weight excluding hydrogens is 424 g/mol. The van der Waals surface area contributed by atoms with E-state index in [-0.39, 0.29) is 5.56 Å². The second-order valence-electron chi connectivity index (χ2n) is 8.43. The Morgan fingerprint density at radius 2 is 1.82 bits per heavy atom. The SMILES string of the molecule is COc1cc2c(cc1OCCCN1CCCC1)[nH]c1ccnc(-c3ccc(C(F)F)cc3)c12. The fraction of sp³-hybridized carbons (Fsp3) is 0.346. The molecule has 0 saturated carbocycles. The molecule has 1 N–H and O–H groups in total. The van der Waals surface area contributed by atoms with Gasteiger partial charge >= 0.3 is 0 Å². The lowest BCUT2D eigenvalue weighted by atomic mass is 10.0. The average molecular weight is 452 g/mol. The van der Waals surface area contributed by atoms with Crippen molar-refractivity contribution in [3.05, 3.63) is 54.2 Å². The number of benzene rings is 2. The number of likely N-dealkylation sites (tertiary alicyclic amines) is 1. The minimum absolute atomic E-state index is 0.00181. The Bertz CT molecular complexity index is 1250. The van der Waals surface area contributed by atoms with E-state index in [2.05, 4.69) is 14.9 Å². The first-order valence-electron chi connectivity index (χ1n) is 11.4. The summed E-state index contributed by atoms with van der Waals surface area (Å²) in [6.45, 7) is 4.05. The van der Waals surface area contributed by atoms with Gasteiger partial charge in [-0.2, -0.15) is 0 Å². The van der Waals surface area contributed by atoms with Crippen molar-refractivity contribution in [2.75, 3.05) is 33.4 Å². The van der Waals surface area contributed by atoms with E-state index in [1.807, 2.05) is 18.2 Å². The second kappa shape index (κ2) is 9.35. The maximum absolute atomic E-state index is 13.0. The molecule has 0 bridgehead atoms. The van der Waals surface area contributed by atoms with E-state index in [0.717, 1.165) is 46.0 Å². The van der Waals surface area contributed by atoms with Crippen LogP contribution in [-0.4, -0.2) is 48.2 Å². The summed E-state index contributed by atoms with van der Waals surface area (Å²) in [6.07, 6.45) is 2.78. The normalized spacial score (nSPS) is 14.5. The van der Waals surface area contributed by atoms with E-state index in [4.69, 9.17) is 9.47 Å². The van der Waals surface area contributed by atoms with E-state index in [0.29, 0.717) is 18.1 Å². The Hall–Kier alpha value is -3.19. The van der Waals surface area contributed by atoms with Crippen LogP contribution in [0.15, 0.2) is 48.7 Å². The number of pyridine rings is 1. The van der Waals surface area contributed by atoms with Gasteiger partial charge in [0.05, 0.1) is 30.4 Å². The molecule has 3 heterocycles. The molecule has 5 nitrogen and oxygen atoms in total. The van der Waals surface area contributed by atoms with E-state index < -0.39 is 6.43 Å². The molecular formula is C26H27F2N3O2. The second-order valence-corrected chi connectivity index (χ2v) is 8.43. The molecule has 7 heteroatoms. The van der Waals surface area contributed by atoms with Gasteiger partial charge in [0.1, 0.15) is 0 Å². The largest absolute Gasteiger partial charge is 0.493 e. The van der Waals surface area contributed by atoms with Crippen LogP contribution in [0, 0.1) is 0 Å². The number of nitrogens with zero attached hydrogens (tertiary/aromatic N) is 2. The molecule has 33 heavy (non-hydrogen) atoms. The van der Waals surface area contributed by atoms with E-state index in [1.165, 1.54) is 38.1 Å². The standard InChI is InChI=1S/C26H27F2N3O2/c1-32-22-15-19-21(16-23(22)33-14-4-13-31-11-2-3-12-31)30-20-9-10-29-25(24(19)20)17-5-7-18(8-6-17)26(27)28/h5-10,15-16,26,30H,2-4,11-14H2,1H3. The first-order chi connectivity index (χ1) is 16.1. The van der Waals surface area contributed by atoms with Gasteiger partial charge < -0.3 is 19.4 Å². The van der Waals surface area contributed by atoms with E-state index >= 15 is 0 Å². The van der Waals surface area contributed by atoms with Crippen molar-refractivity contribution in [3.63, 3.8) is 0 Å². The first-order valence-corrected chi connectivity index (χ1v) is 11.4. The third-order valence-electron chi connectivity index (χ3n) is 6.30. The minimum atomic E-state index is -2.49. The number of methoxy groups -OCH3 is 1. The summed E-state index contributed by atoms with van der Waals surface area (Å²) in [5, 5.41) is 1.88. The molecule has 1 aliphatic heterocycles. The van der Waals surface area contributed by atoms with Gasteiger partial charge in [-0.1, -0.05) is 24.3 Å². The average Bonchev–Trinajstić information content (AvgIpc) is 3.48. The first kappa shape index (κ1) is 21.6. The number of hydrogen-bond donors (Lipinski definition) is 1. The lowest BCUT2D eigenvalue weighted by molar-refractivity contribution is 0.151. The van der Waals surface area contributed by atoms with Crippen molar-refractivity contribution >= 4 is 21.8 Å². The molecule has 2 aromatic carbocycles. The zero-order valence-electron chi connectivity index (χ0n) is 18.6. The van der Waals surface area contributed by atoms with Gasteiger partial charge in [-0.25, -0.2) is 8.78 Å². The summed E-state index contributed by atoms with van der Waals surface area (Å²) in [6, 6.07) is 12.1. The van der Waals surface area contributed by atoms with Gasteiger partial charge in [-0.05, 0) is 44.5 Å². The van der Waals surface area contributed by atoms with Crippen LogP contribution in [0.5, 0.6) is 11.5 Å². The lowest BCUT2D eigenvalue weighted by Gasteiger charge is -2.15. The molecule has 0 aliphatic carbocycles. The van der Waals surface area contributed by atoms with E-state index in [1.54, 1.807) is 25.4 Å². The van der Waals surface area contributed by atoms with Crippen molar-refractivity contribution < 1.29 is 18.3 Å². The fourth-order valence-electron chi connectivity index (χ4n) is 4.61. The third kappa shape index (κ3) is 4.37. The number of halogens is 2. The number of fused-ring (bicyclic) bond motifs is 3. The molecule has 0 unspecified atom stereocenters. The highest BCUT2D eigenvalue weighted by molar-refractivity contribution is 6.13. The molecule has 172 valence electrons. The van der Waals surface area contributed by atoms with Crippen LogP contribution in [0.3, 0.4) is 0 Å². The highest BCUT2D eigenvalue weighted by Gasteiger charge is 2.17. The summed E-state index contributed by atoms with van der Waals surface area (Å²) in [5.41, 5.74) is 3.35. The Labute approximate surface area is 191 Å². The molecule has 0 amide bonds. The number of hydrogen-bond acceptors (Lipinski definition) is 4. The zero-order chi connectivity index (χ0) is 22.8. The maximum atomic E-state index is 13.0. The monoisotopic (exact) mass is 451 g/mol. The third-order valence-corrected chi connectivity index (χ3v) is 6.30. The molecule has 0 radical (unpaired) electrons. The Balaban J connectivity index is 1.46. The van der Waals surface area contributed by atoms with Gasteiger partial charge in [0.15, 0.2) is 11.5 Å².